The van der Waals surface area contributed by atoms with Gasteiger partial charge in [0.2, 0.25) is 5.91 Å². The number of carbonyl (C=O) groups is 3. The Morgan fingerprint density at radius 3 is 2.34 bits per heavy atom. The lowest BCUT2D eigenvalue weighted by Crippen LogP contribution is -2.34. The quantitative estimate of drug-likeness (QED) is 0.460. The highest BCUT2D eigenvalue weighted by atomic mass is 16.5. The number of carbonyl (C=O) groups excluding carboxylic acids is 3. The summed E-state index contributed by atoms with van der Waals surface area (Å²) in [4.78, 5) is 39.1. The van der Waals surface area contributed by atoms with Gasteiger partial charge in [-0.1, -0.05) is 30.3 Å². The largest absolute Gasteiger partial charge is 0.379 e. The fourth-order valence-electron chi connectivity index (χ4n) is 3.48. The van der Waals surface area contributed by atoms with Gasteiger partial charge in [0.25, 0.3) is 11.8 Å². The molecule has 168 valence electrons. The molecule has 32 heavy (non-hydrogen) atoms. The summed E-state index contributed by atoms with van der Waals surface area (Å²) < 4.78 is 5.55. The molecule has 1 heterocycles. The molecule has 0 saturated carbocycles. The van der Waals surface area contributed by atoms with Gasteiger partial charge in [0, 0.05) is 31.5 Å². The fourth-order valence-corrected chi connectivity index (χ4v) is 3.48. The lowest BCUT2D eigenvalue weighted by atomic mass is 10.0. The Morgan fingerprint density at radius 2 is 1.72 bits per heavy atom. The van der Waals surface area contributed by atoms with E-state index in [-0.39, 0.29) is 36.1 Å². The smallest absolute Gasteiger partial charge is 0.278 e. The van der Waals surface area contributed by atoms with Gasteiger partial charge in [-0.3, -0.25) is 19.3 Å². The number of imide groups is 1. The van der Waals surface area contributed by atoms with Crippen molar-refractivity contribution >= 4 is 34.7 Å². The van der Waals surface area contributed by atoms with Crippen molar-refractivity contribution in [1.82, 2.24) is 4.90 Å². The SMILES string of the molecule is CC(=O)Nc1ccc(C2=C(Nc3ccccc3C)C(=O)N(CCCOC(C)C)C2=O)cc1. The molecule has 2 N–H and O–H groups in total. The summed E-state index contributed by atoms with van der Waals surface area (Å²) in [5, 5.41) is 5.90. The highest BCUT2D eigenvalue weighted by Crippen LogP contribution is 2.32. The third-order valence-corrected chi connectivity index (χ3v) is 5.04. The minimum Gasteiger partial charge on any atom is -0.379 e. The number of para-hydroxylation sites is 1. The molecule has 0 atom stereocenters. The van der Waals surface area contributed by atoms with Gasteiger partial charge in [0.15, 0.2) is 0 Å². The Kier molecular flexibility index (Phi) is 7.43. The maximum absolute atomic E-state index is 13.3. The van der Waals surface area contributed by atoms with Crippen LogP contribution in [0, 0.1) is 6.92 Å². The molecule has 0 aliphatic carbocycles. The number of anilines is 2. The number of hydrogen-bond donors (Lipinski definition) is 2. The summed E-state index contributed by atoms with van der Waals surface area (Å²) in [5.41, 5.74) is 3.52. The summed E-state index contributed by atoms with van der Waals surface area (Å²) >= 11 is 0. The van der Waals surface area contributed by atoms with E-state index < -0.39 is 0 Å². The molecular formula is C25H29N3O4. The van der Waals surface area contributed by atoms with Gasteiger partial charge in [0.05, 0.1) is 11.7 Å². The Morgan fingerprint density at radius 1 is 1.03 bits per heavy atom. The van der Waals surface area contributed by atoms with Crippen LogP contribution in [0.25, 0.3) is 5.57 Å². The molecule has 0 unspecified atom stereocenters. The minimum atomic E-state index is -0.358. The first-order chi connectivity index (χ1) is 15.3. The zero-order chi connectivity index (χ0) is 23.3. The second-order valence-electron chi connectivity index (χ2n) is 7.98. The van der Waals surface area contributed by atoms with Gasteiger partial charge in [-0.05, 0) is 56.5 Å². The van der Waals surface area contributed by atoms with Crippen LogP contribution in [0.5, 0.6) is 0 Å². The zero-order valence-corrected chi connectivity index (χ0v) is 18.9. The van der Waals surface area contributed by atoms with Crippen LogP contribution in [-0.4, -0.2) is 41.9 Å². The Bertz CT molecular complexity index is 1040. The molecule has 0 spiro atoms. The van der Waals surface area contributed by atoms with Crippen LogP contribution in [-0.2, 0) is 19.1 Å². The summed E-state index contributed by atoms with van der Waals surface area (Å²) in [6.07, 6.45) is 0.649. The Hall–Kier alpha value is -3.45. The zero-order valence-electron chi connectivity index (χ0n) is 18.9. The van der Waals surface area contributed by atoms with Gasteiger partial charge < -0.3 is 15.4 Å². The van der Waals surface area contributed by atoms with Crippen LogP contribution in [0.4, 0.5) is 11.4 Å². The summed E-state index contributed by atoms with van der Waals surface area (Å²) in [6, 6.07) is 14.5. The highest BCUT2D eigenvalue weighted by Gasteiger charge is 2.39. The molecule has 3 amide bonds. The maximum Gasteiger partial charge on any atom is 0.278 e. The number of rotatable bonds is 9. The van der Waals surface area contributed by atoms with Crippen LogP contribution in [0.1, 0.15) is 38.3 Å². The molecule has 2 aromatic rings. The fraction of sp³-hybridized carbons (Fsp3) is 0.320. The highest BCUT2D eigenvalue weighted by molar-refractivity contribution is 6.36. The van der Waals surface area contributed by atoms with Gasteiger partial charge >= 0.3 is 0 Å². The topological polar surface area (TPSA) is 87.7 Å². The second-order valence-corrected chi connectivity index (χ2v) is 7.98. The van der Waals surface area contributed by atoms with Crippen LogP contribution in [0.2, 0.25) is 0 Å². The lowest BCUT2D eigenvalue weighted by molar-refractivity contribution is -0.137. The molecule has 7 nitrogen and oxygen atoms in total. The number of nitrogens with one attached hydrogen (secondary N) is 2. The van der Waals surface area contributed by atoms with E-state index in [4.69, 9.17) is 4.74 Å². The molecule has 7 heteroatoms. The number of hydrogen-bond acceptors (Lipinski definition) is 5. The lowest BCUT2D eigenvalue weighted by Gasteiger charge is -2.16. The maximum atomic E-state index is 13.3. The van der Waals surface area contributed by atoms with E-state index in [1.165, 1.54) is 11.8 Å². The molecule has 0 radical (unpaired) electrons. The molecule has 2 aromatic carbocycles. The first kappa shape index (κ1) is 23.2. The minimum absolute atomic E-state index is 0.0917. The van der Waals surface area contributed by atoms with Gasteiger partial charge in [0.1, 0.15) is 5.70 Å². The molecule has 0 aromatic heterocycles. The average Bonchev–Trinajstić information content (AvgIpc) is 2.97. The normalized spacial score (nSPS) is 13.8. The molecule has 3 rings (SSSR count). The van der Waals surface area contributed by atoms with Crippen LogP contribution >= 0.6 is 0 Å². The third-order valence-electron chi connectivity index (χ3n) is 5.04. The predicted octanol–water partition coefficient (Wildman–Crippen LogP) is 3.96. The number of aryl methyl sites for hydroxylation is 1. The molecule has 1 aliphatic heterocycles. The van der Waals surface area contributed by atoms with E-state index in [1.54, 1.807) is 24.3 Å². The van der Waals surface area contributed by atoms with E-state index >= 15 is 0 Å². The summed E-state index contributed by atoms with van der Waals surface area (Å²) in [7, 11) is 0. The van der Waals surface area contributed by atoms with Crippen molar-refractivity contribution in [2.45, 2.75) is 40.2 Å². The van der Waals surface area contributed by atoms with Crippen molar-refractivity contribution in [3.05, 3.63) is 65.4 Å². The third kappa shape index (κ3) is 5.42. The monoisotopic (exact) mass is 435 g/mol. The van der Waals surface area contributed by atoms with Crippen molar-refractivity contribution in [3.8, 4) is 0 Å². The Balaban J connectivity index is 1.92. The van der Waals surface area contributed by atoms with Crippen molar-refractivity contribution in [2.75, 3.05) is 23.8 Å². The standard InChI is InChI=1S/C25H29N3O4/c1-16(2)32-15-7-14-28-24(30)22(19-10-12-20(13-11-19)26-18(4)29)23(25(28)31)27-21-9-6-5-8-17(21)3/h5-6,8-13,16,27H,7,14-15H2,1-4H3,(H,26,29). The second kappa shape index (κ2) is 10.2. The van der Waals surface area contributed by atoms with E-state index in [2.05, 4.69) is 10.6 Å². The molecular weight excluding hydrogens is 406 g/mol. The van der Waals surface area contributed by atoms with E-state index in [0.717, 1.165) is 11.3 Å². The predicted molar refractivity (Wildman–Crippen MR) is 125 cm³/mol. The summed E-state index contributed by atoms with van der Waals surface area (Å²) in [6.45, 7) is 8.00. The van der Waals surface area contributed by atoms with Crippen LogP contribution in [0.15, 0.2) is 54.2 Å². The van der Waals surface area contributed by atoms with Crippen molar-refractivity contribution in [1.29, 1.82) is 0 Å². The first-order valence-corrected chi connectivity index (χ1v) is 10.7. The number of nitrogens with zero attached hydrogens (tertiary/aromatic N) is 1. The molecule has 0 saturated heterocycles. The van der Waals surface area contributed by atoms with Crippen molar-refractivity contribution in [3.63, 3.8) is 0 Å². The first-order valence-electron chi connectivity index (χ1n) is 10.7. The summed E-state index contributed by atoms with van der Waals surface area (Å²) in [5.74, 6) is -0.882. The van der Waals surface area contributed by atoms with Crippen molar-refractivity contribution < 1.29 is 19.1 Å². The number of amides is 3. The van der Waals surface area contributed by atoms with E-state index in [1.807, 2.05) is 45.0 Å². The molecule has 0 bridgehead atoms. The van der Waals surface area contributed by atoms with E-state index in [0.29, 0.717) is 29.9 Å². The van der Waals surface area contributed by atoms with Crippen LogP contribution < -0.4 is 10.6 Å². The van der Waals surface area contributed by atoms with E-state index in [9.17, 15) is 14.4 Å². The number of ether oxygens (including phenoxy) is 1. The molecule has 0 fully saturated rings. The molecule has 1 aliphatic rings. The van der Waals surface area contributed by atoms with Gasteiger partial charge in [-0.15, -0.1) is 0 Å². The van der Waals surface area contributed by atoms with Gasteiger partial charge in [-0.2, -0.15) is 0 Å². The average molecular weight is 436 g/mol. The van der Waals surface area contributed by atoms with Gasteiger partial charge in [-0.25, -0.2) is 0 Å². The number of benzene rings is 2. The Labute approximate surface area is 188 Å². The van der Waals surface area contributed by atoms with Crippen molar-refractivity contribution in [2.24, 2.45) is 0 Å². The van der Waals surface area contributed by atoms with Crippen LogP contribution in [0.3, 0.4) is 0 Å².